The standard InChI is InChI=1S/C16H11F5O3S/c1-24-10-4-2-9(3-5-10)8-25(22,23)7-6-11-12(17)14(19)16(21)15(20)13(11)18/h2-7H,8H2,1H3. The molecule has 0 bridgehead atoms. The summed E-state index contributed by atoms with van der Waals surface area (Å²) < 4.78 is 95.0. The van der Waals surface area contributed by atoms with Crippen LogP contribution in [0.2, 0.25) is 0 Å². The smallest absolute Gasteiger partial charge is 0.200 e. The van der Waals surface area contributed by atoms with Gasteiger partial charge in [-0.3, -0.25) is 0 Å². The van der Waals surface area contributed by atoms with Crippen LogP contribution < -0.4 is 4.74 Å². The minimum absolute atomic E-state index is 0.342. The number of hydrogen-bond acceptors (Lipinski definition) is 3. The van der Waals surface area contributed by atoms with Crippen LogP contribution >= 0.6 is 0 Å². The van der Waals surface area contributed by atoms with E-state index in [0.717, 1.165) is 0 Å². The van der Waals surface area contributed by atoms with Crippen molar-refractivity contribution in [3.05, 3.63) is 69.9 Å². The fraction of sp³-hybridized carbons (Fsp3) is 0.125. The molecule has 0 radical (unpaired) electrons. The van der Waals surface area contributed by atoms with Gasteiger partial charge in [0.15, 0.2) is 33.1 Å². The molecular weight excluding hydrogens is 367 g/mol. The molecule has 134 valence electrons. The van der Waals surface area contributed by atoms with Gasteiger partial charge in [-0.25, -0.2) is 30.4 Å². The van der Waals surface area contributed by atoms with Crippen LogP contribution in [0.5, 0.6) is 5.75 Å². The van der Waals surface area contributed by atoms with Crippen molar-refractivity contribution in [2.24, 2.45) is 0 Å². The summed E-state index contributed by atoms with van der Waals surface area (Å²) in [6.45, 7) is 0. The molecule has 0 heterocycles. The van der Waals surface area contributed by atoms with Gasteiger partial charge in [0.25, 0.3) is 0 Å². The van der Waals surface area contributed by atoms with Gasteiger partial charge in [0.1, 0.15) is 5.75 Å². The summed E-state index contributed by atoms with van der Waals surface area (Å²) in [5, 5.41) is 0.398. The molecule has 2 aromatic carbocycles. The van der Waals surface area contributed by atoms with Crippen molar-refractivity contribution in [2.45, 2.75) is 5.75 Å². The Morgan fingerprint density at radius 3 is 1.84 bits per heavy atom. The highest BCUT2D eigenvalue weighted by atomic mass is 32.2. The second kappa shape index (κ2) is 7.22. The van der Waals surface area contributed by atoms with Crippen LogP contribution in [0, 0.1) is 29.1 Å². The summed E-state index contributed by atoms with van der Waals surface area (Å²) in [5.41, 5.74) is -0.974. The van der Waals surface area contributed by atoms with Crippen molar-refractivity contribution >= 4 is 15.9 Å². The second-order valence-corrected chi connectivity index (χ2v) is 6.83. The summed E-state index contributed by atoms with van der Waals surface area (Å²) in [6.07, 6.45) is 0.342. The minimum atomic E-state index is -4.02. The first-order valence-electron chi connectivity index (χ1n) is 6.71. The maximum absolute atomic E-state index is 13.5. The molecule has 0 N–H and O–H groups in total. The summed E-state index contributed by atoms with van der Waals surface area (Å²) in [7, 11) is -2.59. The average Bonchev–Trinajstić information content (AvgIpc) is 2.58. The van der Waals surface area contributed by atoms with Crippen molar-refractivity contribution in [3.8, 4) is 5.75 Å². The van der Waals surface area contributed by atoms with E-state index in [9.17, 15) is 30.4 Å². The van der Waals surface area contributed by atoms with E-state index in [1.807, 2.05) is 0 Å². The number of sulfone groups is 1. The lowest BCUT2D eigenvalue weighted by atomic mass is 10.1. The van der Waals surface area contributed by atoms with Gasteiger partial charge in [0, 0.05) is 5.41 Å². The van der Waals surface area contributed by atoms with Gasteiger partial charge in [0.2, 0.25) is 5.82 Å². The third-order valence-corrected chi connectivity index (χ3v) is 4.50. The van der Waals surface area contributed by atoms with Gasteiger partial charge < -0.3 is 4.74 Å². The van der Waals surface area contributed by atoms with Crippen LogP contribution in [0.4, 0.5) is 22.0 Å². The number of rotatable bonds is 5. The van der Waals surface area contributed by atoms with Crippen molar-refractivity contribution in [3.63, 3.8) is 0 Å². The molecule has 3 nitrogen and oxygen atoms in total. The Labute approximate surface area is 140 Å². The first-order chi connectivity index (χ1) is 11.7. The highest BCUT2D eigenvalue weighted by Gasteiger charge is 2.24. The minimum Gasteiger partial charge on any atom is -0.497 e. The van der Waals surface area contributed by atoms with Crippen molar-refractivity contribution in [2.75, 3.05) is 7.11 Å². The maximum Gasteiger partial charge on any atom is 0.200 e. The fourth-order valence-electron chi connectivity index (χ4n) is 1.94. The Kier molecular flexibility index (Phi) is 5.46. The van der Waals surface area contributed by atoms with Crippen LogP contribution in [0.25, 0.3) is 6.08 Å². The Morgan fingerprint density at radius 1 is 0.880 bits per heavy atom. The van der Waals surface area contributed by atoms with Gasteiger partial charge in [-0.1, -0.05) is 12.1 Å². The molecule has 0 aliphatic rings. The Hall–Kier alpha value is -2.42. The summed E-state index contributed by atoms with van der Waals surface area (Å²) >= 11 is 0. The topological polar surface area (TPSA) is 43.4 Å². The SMILES string of the molecule is COc1ccc(CS(=O)(=O)C=Cc2c(F)c(F)c(F)c(F)c2F)cc1. The third kappa shape index (κ3) is 4.16. The monoisotopic (exact) mass is 378 g/mol. The van der Waals surface area contributed by atoms with Gasteiger partial charge in [-0.15, -0.1) is 0 Å². The Bertz CT molecular complexity index is 893. The van der Waals surface area contributed by atoms with E-state index in [1.54, 1.807) is 0 Å². The zero-order chi connectivity index (χ0) is 18.8. The summed E-state index contributed by atoms with van der Waals surface area (Å²) in [6, 6.07) is 5.95. The molecule has 9 heteroatoms. The molecule has 0 saturated heterocycles. The molecule has 0 unspecified atom stereocenters. The second-order valence-electron chi connectivity index (χ2n) is 4.94. The van der Waals surface area contributed by atoms with Crippen LogP contribution in [0.3, 0.4) is 0 Å². The van der Waals surface area contributed by atoms with E-state index in [0.29, 0.717) is 22.8 Å². The molecule has 0 fully saturated rings. The van der Waals surface area contributed by atoms with Crippen LogP contribution in [0.15, 0.2) is 29.7 Å². The summed E-state index contributed by atoms with van der Waals surface area (Å²) in [4.78, 5) is 0. The predicted molar refractivity (Wildman–Crippen MR) is 80.9 cm³/mol. The molecule has 0 aromatic heterocycles. The molecule has 25 heavy (non-hydrogen) atoms. The molecule has 0 saturated carbocycles. The largest absolute Gasteiger partial charge is 0.497 e. The Balaban J connectivity index is 2.31. The normalized spacial score (nSPS) is 11.9. The van der Waals surface area contributed by atoms with Crippen LogP contribution in [0.1, 0.15) is 11.1 Å². The maximum atomic E-state index is 13.5. The molecular formula is C16H11F5O3S. The van der Waals surface area contributed by atoms with Crippen LogP contribution in [-0.4, -0.2) is 15.5 Å². The van der Waals surface area contributed by atoms with E-state index in [-0.39, 0.29) is 0 Å². The number of benzene rings is 2. The van der Waals surface area contributed by atoms with Gasteiger partial charge >= 0.3 is 0 Å². The zero-order valence-corrected chi connectivity index (χ0v) is 13.5. The predicted octanol–water partition coefficient (Wildman–Crippen LogP) is 3.98. The van der Waals surface area contributed by atoms with E-state index < -0.39 is 50.2 Å². The molecule has 0 aliphatic heterocycles. The number of halogens is 5. The molecule has 0 aliphatic carbocycles. The molecule has 0 spiro atoms. The number of hydrogen-bond donors (Lipinski definition) is 0. The zero-order valence-electron chi connectivity index (χ0n) is 12.7. The molecule has 0 atom stereocenters. The highest BCUT2D eigenvalue weighted by Crippen LogP contribution is 2.24. The van der Waals surface area contributed by atoms with E-state index >= 15 is 0 Å². The lowest BCUT2D eigenvalue weighted by molar-refractivity contribution is 0.377. The van der Waals surface area contributed by atoms with Crippen molar-refractivity contribution in [1.29, 1.82) is 0 Å². The number of methoxy groups -OCH3 is 1. The molecule has 0 amide bonds. The van der Waals surface area contributed by atoms with Gasteiger partial charge in [-0.2, -0.15) is 0 Å². The van der Waals surface area contributed by atoms with E-state index in [4.69, 9.17) is 4.74 Å². The Morgan fingerprint density at radius 2 is 1.36 bits per heavy atom. The lowest BCUT2D eigenvalue weighted by Gasteiger charge is -2.05. The first-order valence-corrected chi connectivity index (χ1v) is 8.43. The highest BCUT2D eigenvalue weighted by molar-refractivity contribution is 7.93. The van der Waals surface area contributed by atoms with Gasteiger partial charge in [0.05, 0.1) is 18.4 Å². The van der Waals surface area contributed by atoms with E-state index in [1.165, 1.54) is 31.4 Å². The van der Waals surface area contributed by atoms with Crippen LogP contribution in [-0.2, 0) is 15.6 Å². The fourth-order valence-corrected chi connectivity index (χ4v) is 3.04. The van der Waals surface area contributed by atoms with Crippen molar-refractivity contribution in [1.82, 2.24) is 0 Å². The van der Waals surface area contributed by atoms with Crippen molar-refractivity contribution < 1.29 is 35.1 Å². The molecule has 2 rings (SSSR count). The lowest BCUT2D eigenvalue weighted by Crippen LogP contribution is -2.05. The molecule has 2 aromatic rings. The number of ether oxygens (including phenoxy) is 1. The third-order valence-electron chi connectivity index (χ3n) is 3.21. The van der Waals surface area contributed by atoms with E-state index in [2.05, 4.69) is 0 Å². The average molecular weight is 378 g/mol. The quantitative estimate of drug-likeness (QED) is 0.449. The summed E-state index contributed by atoms with van der Waals surface area (Å²) in [5.74, 6) is -10.8. The van der Waals surface area contributed by atoms with Gasteiger partial charge in [-0.05, 0) is 23.8 Å². The first kappa shape index (κ1) is 18.9.